The number of rotatable bonds is 5. The molecule has 114 valence electrons. The molecular formula is C15H27ClN4. The van der Waals surface area contributed by atoms with Gasteiger partial charge in [0.1, 0.15) is 0 Å². The lowest BCUT2D eigenvalue weighted by Crippen LogP contribution is -2.44. The Hall–Kier alpha value is -0.580. The summed E-state index contributed by atoms with van der Waals surface area (Å²) in [5.74, 6) is 7.32. The van der Waals surface area contributed by atoms with E-state index in [2.05, 4.69) is 17.4 Å². The van der Waals surface area contributed by atoms with Crippen LogP contribution in [0.2, 0.25) is 5.02 Å². The van der Waals surface area contributed by atoms with E-state index < -0.39 is 0 Å². The minimum Gasteiger partial charge on any atom is -0.271 e. The molecule has 3 atom stereocenters. The Bertz CT molecular complexity index is 443. The second-order valence-corrected chi connectivity index (χ2v) is 6.53. The number of aryl methyl sites for hydroxylation is 2. The monoisotopic (exact) mass is 298 g/mol. The minimum absolute atomic E-state index is 0.289. The third-order valence-corrected chi connectivity index (χ3v) is 5.35. The Labute approximate surface area is 127 Å². The second-order valence-electron chi connectivity index (χ2n) is 6.15. The number of nitrogens with zero attached hydrogens (tertiary/aromatic N) is 2. The molecule has 0 bridgehead atoms. The van der Waals surface area contributed by atoms with Crippen molar-refractivity contribution in [2.75, 3.05) is 0 Å². The van der Waals surface area contributed by atoms with Gasteiger partial charge in [-0.3, -0.25) is 16.0 Å². The van der Waals surface area contributed by atoms with E-state index in [0.717, 1.165) is 28.7 Å². The van der Waals surface area contributed by atoms with E-state index in [1.807, 2.05) is 18.7 Å². The largest absolute Gasteiger partial charge is 0.271 e. The summed E-state index contributed by atoms with van der Waals surface area (Å²) in [6.07, 6.45) is 7.36. The number of hydrogen-bond acceptors (Lipinski definition) is 3. The van der Waals surface area contributed by atoms with E-state index in [0.29, 0.717) is 5.92 Å². The fraction of sp³-hybridized carbons (Fsp3) is 0.800. The fourth-order valence-corrected chi connectivity index (χ4v) is 3.78. The van der Waals surface area contributed by atoms with Crippen molar-refractivity contribution in [1.82, 2.24) is 15.2 Å². The van der Waals surface area contributed by atoms with Gasteiger partial charge in [0.2, 0.25) is 0 Å². The van der Waals surface area contributed by atoms with Crippen LogP contribution in [0.4, 0.5) is 0 Å². The summed E-state index contributed by atoms with van der Waals surface area (Å²) >= 11 is 6.36. The second kappa shape index (κ2) is 6.92. The molecule has 4 nitrogen and oxygen atoms in total. The maximum atomic E-state index is 6.36. The molecule has 5 heteroatoms. The van der Waals surface area contributed by atoms with Gasteiger partial charge in [0.05, 0.1) is 16.4 Å². The van der Waals surface area contributed by atoms with Crippen LogP contribution in [-0.4, -0.2) is 15.8 Å². The van der Waals surface area contributed by atoms with Crippen LogP contribution in [0.3, 0.4) is 0 Å². The first-order chi connectivity index (χ1) is 9.56. The third-order valence-electron chi connectivity index (χ3n) is 4.86. The first-order valence-corrected chi connectivity index (χ1v) is 8.08. The highest BCUT2D eigenvalue weighted by Crippen LogP contribution is 2.34. The first kappa shape index (κ1) is 15.8. The Morgan fingerprint density at radius 3 is 2.80 bits per heavy atom. The maximum absolute atomic E-state index is 6.36. The summed E-state index contributed by atoms with van der Waals surface area (Å²) in [5, 5.41) is 5.18. The lowest BCUT2D eigenvalue weighted by molar-refractivity contribution is 0.206. The molecule has 1 fully saturated rings. The minimum atomic E-state index is 0.289. The normalized spacial score (nSPS) is 24.9. The molecule has 1 aliphatic carbocycles. The summed E-state index contributed by atoms with van der Waals surface area (Å²) in [6, 6.07) is 0.289. The average molecular weight is 299 g/mol. The van der Waals surface area contributed by atoms with Gasteiger partial charge in [-0.05, 0) is 31.6 Å². The molecule has 0 amide bonds. The predicted octanol–water partition coefficient (Wildman–Crippen LogP) is 2.97. The highest BCUT2D eigenvalue weighted by Gasteiger charge is 2.28. The molecule has 1 aromatic heterocycles. The van der Waals surface area contributed by atoms with Crippen molar-refractivity contribution in [2.24, 2.45) is 24.7 Å². The summed E-state index contributed by atoms with van der Waals surface area (Å²) < 4.78 is 1.89. The van der Waals surface area contributed by atoms with Gasteiger partial charge >= 0.3 is 0 Å². The number of nitrogens with two attached hydrogens (primary N) is 1. The van der Waals surface area contributed by atoms with Crippen molar-refractivity contribution in [2.45, 2.75) is 58.4 Å². The van der Waals surface area contributed by atoms with Gasteiger partial charge in [-0.25, -0.2) is 0 Å². The van der Waals surface area contributed by atoms with Crippen LogP contribution < -0.4 is 11.3 Å². The van der Waals surface area contributed by atoms with E-state index in [9.17, 15) is 0 Å². The van der Waals surface area contributed by atoms with Crippen molar-refractivity contribution >= 4 is 11.6 Å². The first-order valence-electron chi connectivity index (χ1n) is 7.70. The molecule has 0 aliphatic heterocycles. The van der Waals surface area contributed by atoms with Crippen molar-refractivity contribution in [3.63, 3.8) is 0 Å². The highest BCUT2D eigenvalue weighted by atomic mass is 35.5. The van der Waals surface area contributed by atoms with Crippen LogP contribution >= 0.6 is 11.6 Å². The maximum Gasteiger partial charge on any atom is 0.0847 e. The van der Waals surface area contributed by atoms with Crippen molar-refractivity contribution < 1.29 is 0 Å². The molecule has 3 unspecified atom stereocenters. The van der Waals surface area contributed by atoms with Crippen LogP contribution in [0.1, 0.15) is 50.4 Å². The van der Waals surface area contributed by atoms with E-state index in [1.54, 1.807) is 0 Å². The lowest BCUT2D eigenvalue weighted by atomic mass is 9.76. The van der Waals surface area contributed by atoms with Crippen molar-refractivity contribution in [1.29, 1.82) is 0 Å². The van der Waals surface area contributed by atoms with Crippen molar-refractivity contribution in [3.8, 4) is 0 Å². The number of halogens is 1. The molecule has 0 radical (unpaired) electrons. The summed E-state index contributed by atoms with van der Waals surface area (Å²) in [5.41, 5.74) is 5.02. The topological polar surface area (TPSA) is 55.9 Å². The van der Waals surface area contributed by atoms with Crippen LogP contribution in [0, 0.1) is 18.8 Å². The van der Waals surface area contributed by atoms with Crippen LogP contribution in [0.15, 0.2) is 0 Å². The van der Waals surface area contributed by atoms with Gasteiger partial charge in [-0.2, -0.15) is 5.10 Å². The van der Waals surface area contributed by atoms with Gasteiger partial charge in [-0.1, -0.05) is 37.8 Å². The Morgan fingerprint density at radius 2 is 2.25 bits per heavy atom. The number of hydrazine groups is 1. The third kappa shape index (κ3) is 3.35. The van der Waals surface area contributed by atoms with Gasteiger partial charge in [0.25, 0.3) is 0 Å². The standard InChI is InChI=1S/C15H27ClN4/c1-4-11-6-5-7-12(8-11)13(18-17)9-14-15(16)10(2)19-20(14)3/h11-13,18H,4-9,17H2,1-3H3. The summed E-state index contributed by atoms with van der Waals surface area (Å²) in [6.45, 7) is 4.24. The smallest absolute Gasteiger partial charge is 0.0847 e. The van der Waals surface area contributed by atoms with Crippen LogP contribution in [0.5, 0.6) is 0 Å². The predicted molar refractivity (Wildman–Crippen MR) is 83.5 cm³/mol. The van der Waals surface area contributed by atoms with Gasteiger partial charge in [-0.15, -0.1) is 0 Å². The molecule has 1 aromatic rings. The van der Waals surface area contributed by atoms with Gasteiger partial charge < -0.3 is 0 Å². The Balaban J connectivity index is 2.08. The molecule has 0 saturated heterocycles. The molecular weight excluding hydrogens is 272 g/mol. The number of aromatic nitrogens is 2. The molecule has 0 spiro atoms. The van der Waals surface area contributed by atoms with E-state index >= 15 is 0 Å². The number of hydrogen-bond donors (Lipinski definition) is 2. The van der Waals surface area contributed by atoms with E-state index in [1.165, 1.54) is 32.1 Å². The Morgan fingerprint density at radius 1 is 1.50 bits per heavy atom. The zero-order chi connectivity index (χ0) is 14.7. The lowest BCUT2D eigenvalue weighted by Gasteiger charge is -2.34. The molecule has 1 aliphatic rings. The zero-order valence-electron chi connectivity index (χ0n) is 12.8. The molecule has 0 aromatic carbocycles. The summed E-state index contributed by atoms with van der Waals surface area (Å²) in [7, 11) is 1.96. The molecule has 20 heavy (non-hydrogen) atoms. The van der Waals surface area contributed by atoms with Crippen LogP contribution in [-0.2, 0) is 13.5 Å². The average Bonchev–Trinajstić information content (AvgIpc) is 2.70. The van der Waals surface area contributed by atoms with Gasteiger partial charge in [0, 0.05) is 19.5 Å². The van der Waals surface area contributed by atoms with Crippen molar-refractivity contribution in [3.05, 3.63) is 16.4 Å². The van der Waals surface area contributed by atoms with Gasteiger partial charge in [0.15, 0.2) is 0 Å². The molecule has 3 N–H and O–H groups in total. The molecule has 1 heterocycles. The Kier molecular flexibility index (Phi) is 5.47. The quantitative estimate of drug-likeness (QED) is 0.649. The zero-order valence-corrected chi connectivity index (χ0v) is 13.6. The van der Waals surface area contributed by atoms with Crippen LogP contribution in [0.25, 0.3) is 0 Å². The number of nitrogens with one attached hydrogen (secondary N) is 1. The molecule has 2 rings (SSSR count). The van der Waals surface area contributed by atoms with E-state index in [4.69, 9.17) is 17.4 Å². The fourth-order valence-electron chi connectivity index (χ4n) is 3.54. The SMILES string of the molecule is CCC1CCCC(C(Cc2c(Cl)c(C)nn2C)NN)C1. The molecule has 1 saturated carbocycles. The summed E-state index contributed by atoms with van der Waals surface area (Å²) in [4.78, 5) is 0. The van der Waals surface area contributed by atoms with E-state index in [-0.39, 0.29) is 6.04 Å². The highest BCUT2D eigenvalue weighted by molar-refractivity contribution is 6.31.